The van der Waals surface area contributed by atoms with E-state index < -0.39 is 12.2 Å². The quantitative estimate of drug-likeness (QED) is 0.356. The Hall–Kier alpha value is -3.46. The number of halogens is 2. The molecule has 0 saturated heterocycles. The smallest absolute Gasteiger partial charge is 0.271 e. The summed E-state index contributed by atoms with van der Waals surface area (Å²) in [6.45, 7) is 0.288. The highest BCUT2D eigenvalue weighted by Gasteiger charge is 2.30. The number of carbonyl (C=O) groups excluding carboxylic acids is 1. The summed E-state index contributed by atoms with van der Waals surface area (Å²) in [6.07, 6.45) is -1.31. The molecule has 2 aromatic carbocycles. The van der Waals surface area contributed by atoms with Gasteiger partial charge in [-0.2, -0.15) is 0 Å². The van der Waals surface area contributed by atoms with Crippen molar-refractivity contribution in [3.8, 4) is 11.1 Å². The van der Waals surface area contributed by atoms with Crippen molar-refractivity contribution < 1.29 is 13.6 Å². The largest absolute Gasteiger partial charge is 0.370 e. The average molecular weight is 426 g/mol. The van der Waals surface area contributed by atoms with Crippen LogP contribution < -0.4 is 17.2 Å². The molecule has 2 atom stereocenters. The van der Waals surface area contributed by atoms with Gasteiger partial charge in [-0.25, -0.2) is 8.78 Å². The molecule has 7 N–H and O–H groups in total. The minimum atomic E-state index is -1.32. The maximum absolute atomic E-state index is 14.2. The van der Waals surface area contributed by atoms with Crippen LogP contribution in [-0.4, -0.2) is 47.1 Å². The van der Waals surface area contributed by atoms with Gasteiger partial charge in [0, 0.05) is 35.6 Å². The minimum absolute atomic E-state index is 0.00692. The lowest BCUT2D eigenvalue weighted by molar-refractivity contribution is 0.0724. The number of amides is 1. The van der Waals surface area contributed by atoms with Crippen LogP contribution in [0.25, 0.3) is 22.0 Å². The Morgan fingerprint density at radius 2 is 2.00 bits per heavy atom. The molecule has 1 aromatic heterocycles. The molecular weight excluding hydrogens is 402 g/mol. The van der Waals surface area contributed by atoms with Crippen molar-refractivity contribution >= 4 is 22.8 Å². The normalized spacial score (nSPS) is 15.2. The molecule has 0 radical (unpaired) electrons. The summed E-state index contributed by atoms with van der Waals surface area (Å²) in [5, 5.41) is 0.642. The number of hydrogen-bond donors (Lipinski definition) is 4. The van der Waals surface area contributed by atoms with Crippen LogP contribution in [-0.2, 0) is 6.54 Å². The SMILES string of the molecule is NC(N)=NC[C@@H](F)C[C@@H](N)CN1Cc2ccccc2-c2c([nH]c3ccc(F)cc23)C1=O. The Kier molecular flexibility index (Phi) is 5.60. The highest BCUT2D eigenvalue weighted by atomic mass is 19.1. The zero-order chi connectivity index (χ0) is 22.1. The number of aliphatic imine (C=N–C) groups is 1. The number of aromatic nitrogens is 1. The van der Waals surface area contributed by atoms with E-state index >= 15 is 0 Å². The van der Waals surface area contributed by atoms with E-state index in [-0.39, 0.29) is 37.2 Å². The molecule has 2 heterocycles. The average Bonchev–Trinajstić information content (AvgIpc) is 3.05. The van der Waals surface area contributed by atoms with Gasteiger partial charge in [0.25, 0.3) is 5.91 Å². The van der Waals surface area contributed by atoms with Crippen LogP contribution in [0.5, 0.6) is 0 Å². The molecular formula is C22H24F2N6O. The summed E-state index contributed by atoms with van der Waals surface area (Å²) in [4.78, 5) is 21.8. The Morgan fingerprint density at radius 1 is 1.23 bits per heavy atom. The molecule has 4 rings (SSSR count). The van der Waals surface area contributed by atoms with Crippen LogP contribution in [0, 0.1) is 5.82 Å². The fraction of sp³-hybridized carbons (Fsp3) is 0.273. The number of benzene rings is 2. The Labute approximate surface area is 177 Å². The molecule has 0 aliphatic carbocycles. The van der Waals surface area contributed by atoms with Gasteiger partial charge in [0.15, 0.2) is 5.96 Å². The highest BCUT2D eigenvalue weighted by molar-refractivity contribution is 6.11. The fourth-order valence-electron chi connectivity index (χ4n) is 4.05. The number of nitrogens with two attached hydrogens (primary N) is 3. The standard InChI is InChI=1S/C22H24F2N6O/c23-13-5-6-18-17(8-13)19-16-4-2-1-3-12(16)10-30(21(31)20(19)29-18)11-15(25)7-14(24)9-28-22(26)27/h1-6,8,14-15,29H,7,9-11,25H2,(H4,26,27,28)/t14-,15+/m0/s1. The molecule has 0 saturated carbocycles. The highest BCUT2D eigenvalue weighted by Crippen LogP contribution is 2.38. The summed E-state index contributed by atoms with van der Waals surface area (Å²) in [5.41, 5.74) is 20.1. The van der Waals surface area contributed by atoms with E-state index in [2.05, 4.69) is 9.98 Å². The molecule has 0 unspecified atom stereocenters. The van der Waals surface area contributed by atoms with Crippen LogP contribution in [0.3, 0.4) is 0 Å². The molecule has 1 aliphatic rings. The van der Waals surface area contributed by atoms with Gasteiger partial charge in [0.1, 0.15) is 17.7 Å². The Bertz CT molecular complexity index is 1150. The first kappa shape index (κ1) is 20.8. The van der Waals surface area contributed by atoms with Crippen LogP contribution in [0.15, 0.2) is 47.5 Å². The van der Waals surface area contributed by atoms with Crippen molar-refractivity contribution in [1.29, 1.82) is 0 Å². The van der Waals surface area contributed by atoms with E-state index in [9.17, 15) is 13.6 Å². The number of alkyl halides is 1. The van der Waals surface area contributed by atoms with Gasteiger partial charge in [-0.1, -0.05) is 24.3 Å². The monoisotopic (exact) mass is 426 g/mol. The van der Waals surface area contributed by atoms with Crippen molar-refractivity contribution in [3.05, 3.63) is 59.5 Å². The number of nitrogens with one attached hydrogen (secondary N) is 1. The third-order valence-electron chi connectivity index (χ3n) is 5.39. The fourth-order valence-corrected chi connectivity index (χ4v) is 4.05. The predicted octanol–water partition coefficient (Wildman–Crippen LogP) is 2.26. The second-order valence-electron chi connectivity index (χ2n) is 7.77. The molecule has 31 heavy (non-hydrogen) atoms. The van der Waals surface area contributed by atoms with Gasteiger partial charge < -0.3 is 27.1 Å². The lowest BCUT2D eigenvalue weighted by atomic mass is 9.98. The zero-order valence-corrected chi connectivity index (χ0v) is 16.8. The Balaban J connectivity index is 1.66. The van der Waals surface area contributed by atoms with Gasteiger partial charge in [-0.3, -0.25) is 9.79 Å². The van der Waals surface area contributed by atoms with E-state index in [1.165, 1.54) is 12.1 Å². The first-order chi connectivity index (χ1) is 14.8. The summed E-state index contributed by atoms with van der Waals surface area (Å²) in [7, 11) is 0. The van der Waals surface area contributed by atoms with Gasteiger partial charge in [-0.15, -0.1) is 0 Å². The number of fused-ring (bicyclic) bond motifs is 5. The molecule has 3 aromatic rings. The number of aromatic amines is 1. The predicted molar refractivity (Wildman–Crippen MR) is 117 cm³/mol. The summed E-state index contributed by atoms with van der Waals surface area (Å²) < 4.78 is 28.1. The van der Waals surface area contributed by atoms with Crippen molar-refractivity contribution in [2.45, 2.75) is 25.2 Å². The number of rotatable bonds is 6. The number of carbonyl (C=O) groups is 1. The summed E-state index contributed by atoms with van der Waals surface area (Å²) in [6, 6.07) is 11.4. The van der Waals surface area contributed by atoms with E-state index in [1.54, 1.807) is 11.0 Å². The van der Waals surface area contributed by atoms with Gasteiger partial charge in [0.05, 0.1) is 6.54 Å². The summed E-state index contributed by atoms with van der Waals surface area (Å²) >= 11 is 0. The third kappa shape index (κ3) is 4.22. The van der Waals surface area contributed by atoms with Crippen LogP contribution in [0.2, 0.25) is 0 Å². The summed E-state index contributed by atoms with van der Waals surface area (Å²) in [5.74, 6) is -0.826. The molecule has 7 nitrogen and oxygen atoms in total. The molecule has 9 heteroatoms. The second-order valence-corrected chi connectivity index (χ2v) is 7.77. The van der Waals surface area contributed by atoms with Gasteiger partial charge in [-0.05, 0) is 35.7 Å². The first-order valence-electron chi connectivity index (χ1n) is 9.97. The number of hydrogen-bond acceptors (Lipinski definition) is 3. The zero-order valence-electron chi connectivity index (χ0n) is 16.8. The van der Waals surface area contributed by atoms with E-state index in [0.717, 1.165) is 11.1 Å². The molecule has 0 bridgehead atoms. The lowest BCUT2D eigenvalue weighted by Crippen LogP contribution is -2.42. The van der Waals surface area contributed by atoms with Crippen molar-refractivity contribution in [1.82, 2.24) is 9.88 Å². The molecule has 162 valence electrons. The third-order valence-corrected chi connectivity index (χ3v) is 5.39. The Morgan fingerprint density at radius 3 is 2.77 bits per heavy atom. The molecule has 1 aliphatic heterocycles. The van der Waals surface area contributed by atoms with Crippen molar-refractivity contribution in [3.63, 3.8) is 0 Å². The molecule has 1 amide bonds. The van der Waals surface area contributed by atoms with Crippen LogP contribution in [0.1, 0.15) is 22.5 Å². The van der Waals surface area contributed by atoms with Crippen LogP contribution >= 0.6 is 0 Å². The maximum atomic E-state index is 14.2. The number of nitrogens with zero attached hydrogens (tertiary/aromatic N) is 2. The number of H-pyrrole nitrogens is 1. The second kappa shape index (κ2) is 8.35. The van der Waals surface area contributed by atoms with Crippen LogP contribution in [0.4, 0.5) is 8.78 Å². The van der Waals surface area contributed by atoms with Crippen molar-refractivity contribution in [2.24, 2.45) is 22.2 Å². The van der Waals surface area contributed by atoms with Gasteiger partial charge in [0.2, 0.25) is 0 Å². The van der Waals surface area contributed by atoms with Gasteiger partial charge >= 0.3 is 0 Å². The van der Waals surface area contributed by atoms with E-state index in [1.807, 2.05) is 24.3 Å². The minimum Gasteiger partial charge on any atom is -0.370 e. The number of guanidine groups is 1. The topological polar surface area (TPSA) is 127 Å². The first-order valence-corrected chi connectivity index (χ1v) is 9.97. The molecule has 0 fully saturated rings. The lowest BCUT2D eigenvalue weighted by Gasteiger charge is -2.25. The van der Waals surface area contributed by atoms with E-state index in [4.69, 9.17) is 17.2 Å². The molecule has 0 spiro atoms. The maximum Gasteiger partial charge on any atom is 0.271 e. The van der Waals surface area contributed by atoms with Crippen molar-refractivity contribution in [2.75, 3.05) is 13.1 Å². The van der Waals surface area contributed by atoms with E-state index in [0.29, 0.717) is 28.7 Å².